The lowest BCUT2D eigenvalue weighted by Gasteiger charge is -2.23. The number of benzene rings is 1. The number of methoxy groups -OCH3 is 1. The van der Waals surface area contributed by atoms with Gasteiger partial charge in [-0.3, -0.25) is 4.79 Å². The molecule has 1 heterocycles. The third kappa shape index (κ3) is 3.59. The minimum Gasteiger partial charge on any atom is -0.388 e. The van der Waals surface area contributed by atoms with Crippen molar-refractivity contribution in [3.8, 4) is 0 Å². The highest BCUT2D eigenvalue weighted by Crippen LogP contribution is 2.15. The molecule has 1 atom stereocenters. The highest BCUT2D eigenvalue weighted by Gasteiger charge is 2.19. The number of fused-ring (bicyclic) bond motifs is 1. The van der Waals surface area contributed by atoms with Gasteiger partial charge in [-0.25, -0.2) is 0 Å². The molecule has 1 aromatic carbocycles. The van der Waals surface area contributed by atoms with Crippen LogP contribution in [0.25, 0.3) is 10.8 Å². The van der Waals surface area contributed by atoms with Gasteiger partial charge in [0.1, 0.15) is 5.82 Å². The highest BCUT2D eigenvalue weighted by atomic mass is 16.5. The van der Waals surface area contributed by atoms with Crippen molar-refractivity contribution in [2.45, 2.75) is 18.9 Å². The van der Waals surface area contributed by atoms with E-state index in [0.29, 0.717) is 30.8 Å². The van der Waals surface area contributed by atoms with Crippen molar-refractivity contribution < 1.29 is 9.84 Å². The summed E-state index contributed by atoms with van der Waals surface area (Å²) >= 11 is 0. The van der Waals surface area contributed by atoms with Gasteiger partial charge in [0.05, 0.1) is 5.60 Å². The fraction of sp³-hybridized carbons (Fsp3) is 0.400. The molecule has 20 heavy (non-hydrogen) atoms. The number of pyridine rings is 1. The van der Waals surface area contributed by atoms with Gasteiger partial charge in [-0.2, -0.15) is 0 Å². The monoisotopic (exact) mass is 276 g/mol. The lowest BCUT2D eigenvalue weighted by molar-refractivity contribution is 0.0357. The number of aromatic nitrogens is 1. The first-order chi connectivity index (χ1) is 9.52. The molecule has 5 nitrogen and oxygen atoms in total. The van der Waals surface area contributed by atoms with E-state index in [4.69, 9.17) is 4.74 Å². The van der Waals surface area contributed by atoms with Crippen molar-refractivity contribution in [1.29, 1.82) is 0 Å². The van der Waals surface area contributed by atoms with Crippen molar-refractivity contribution in [3.05, 3.63) is 40.7 Å². The van der Waals surface area contributed by atoms with E-state index in [-0.39, 0.29) is 5.56 Å². The zero-order valence-corrected chi connectivity index (χ0v) is 11.8. The summed E-state index contributed by atoms with van der Waals surface area (Å²) < 4.78 is 4.96. The molecule has 0 aliphatic rings. The second-order valence-electron chi connectivity index (χ2n) is 5.19. The van der Waals surface area contributed by atoms with Gasteiger partial charge < -0.3 is 20.1 Å². The van der Waals surface area contributed by atoms with Gasteiger partial charge >= 0.3 is 0 Å². The van der Waals surface area contributed by atoms with Crippen LogP contribution >= 0.6 is 0 Å². The Kier molecular flexibility index (Phi) is 4.42. The van der Waals surface area contributed by atoms with Crippen molar-refractivity contribution in [2.24, 2.45) is 0 Å². The predicted octanol–water partition coefficient (Wildman–Crippen LogP) is 1.73. The van der Waals surface area contributed by atoms with E-state index < -0.39 is 5.60 Å². The minimum absolute atomic E-state index is 0.137. The van der Waals surface area contributed by atoms with Crippen LogP contribution in [-0.4, -0.2) is 36.0 Å². The van der Waals surface area contributed by atoms with Crippen molar-refractivity contribution >= 4 is 16.6 Å². The number of hydrogen-bond acceptors (Lipinski definition) is 4. The number of rotatable bonds is 6. The molecule has 0 saturated carbocycles. The maximum absolute atomic E-state index is 11.9. The van der Waals surface area contributed by atoms with E-state index in [9.17, 15) is 9.90 Å². The van der Waals surface area contributed by atoms with Crippen molar-refractivity contribution in [1.82, 2.24) is 4.98 Å². The summed E-state index contributed by atoms with van der Waals surface area (Å²) in [5.74, 6) is 0.603. The van der Waals surface area contributed by atoms with Gasteiger partial charge in [-0.05, 0) is 24.4 Å². The second kappa shape index (κ2) is 6.07. The minimum atomic E-state index is -0.890. The van der Waals surface area contributed by atoms with Crippen LogP contribution in [-0.2, 0) is 4.74 Å². The molecule has 0 spiro atoms. The van der Waals surface area contributed by atoms with Crippen molar-refractivity contribution in [2.75, 3.05) is 25.6 Å². The maximum atomic E-state index is 11.9. The topological polar surface area (TPSA) is 74.3 Å². The largest absolute Gasteiger partial charge is 0.388 e. The molecule has 0 aliphatic carbocycles. The Balaban J connectivity index is 2.12. The summed E-state index contributed by atoms with van der Waals surface area (Å²) in [6, 6.07) is 9.26. The van der Waals surface area contributed by atoms with E-state index >= 15 is 0 Å². The smallest absolute Gasteiger partial charge is 0.257 e. The molecule has 2 rings (SSSR count). The van der Waals surface area contributed by atoms with Gasteiger partial charge in [0.2, 0.25) is 0 Å². The number of aliphatic hydroxyl groups is 1. The molecule has 0 radical (unpaired) electrons. The Bertz CT molecular complexity index is 634. The van der Waals surface area contributed by atoms with Gasteiger partial charge in [-0.1, -0.05) is 18.2 Å². The molecule has 0 saturated heterocycles. The van der Waals surface area contributed by atoms with E-state index in [1.807, 2.05) is 24.3 Å². The number of anilines is 1. The first-order valence-electron chi connectivity index (χ1n) is 6.59. The average molecular weight is 276 g/mol. The lowest BCUT2D eigenvalue weighted by Crippen LogP contribution is -2.35. The van der Waals surface area contributed by atoms with Gasteiger partial charge in [0, 0.05) is 32.1 Å². The van der Waals surface area contributed by atoms with Crippen LogP contribution in [0.4, 0.5) is 5.82 Å². The van der Waals surface area contributed by atoms with Gasteiger partial charge in [-0.15, -0.1) is 0 Å². The van der Waals surface area contributed by atoms with Crippen LogP contribution in [0, 0.1) is 0 Å². The number of ether oxygens (including phenoxy) is 1. The number of hydrogen-bond donors (Lipinski definition) is 3. The zero-order chi connectivity index (χ0) is 14.6. The Labute approximate surface area is 117 Å². The molecular weight excluding hydrogens is 256 g/mol. The van der Waals surface area contributed by atoms with Gasteiger partial charge in [0.25, 0.3) is 5.56 Å². The number of nitrogens with one attached hydrogen (secondary N) is 2. The second-order valence-corrected chi connectivity index (χ2v) is 5.19. The SMILES string of the molecule is COCCC(C)(O)CNc1cc2ccccc2c(=O)[nH]1. The molecule has 3 N–H and O–H groups in total. The summed E-state index contributed by atoms with van der Waals surface area (Å²) in [5, 5.41) is 14.7. The Morgan fingerprint density at radius 2 is 2.15 bits per heavy atom. The Morgan fingerprint density at radius 1 is 1.40 bits per heavy atom. The van der Waals surface area contributed by atoms with E-state index in [2.05, 4.69) is 10.3 Å². The fourth-order valence-electron chi connectivity index (χ4n) is 2.00. The summed E-state index contributed by atoms with van der Waals surface area (Å²) in [7, 11) is 1.60. The summed E-state index contributed by atoms with van der Waals surface area (Å²) in [6.45, 7) is 2.56. The van der Waals surface area contributed by atoms with Crippen LogP contribution in [0.2, 0.25) is 0 Å². The first kappa shape index (κ1) is 14.6. The van der Waals surface area contributed by atoms with Gasteiger partial charge in [0.15, 0.2) is 0 Å². The third-order valence-electron chi connectivity index (χ3n) is 3.26. The summed E-state index contributed by atoms with van der Waals surface area (Å²) in [6.07, 6.45) is 0.522. The predicted molar refractivity (Wildman–Crippen MR) is 80.2 cm³/mol. The van der Waals surface area contributed by atoms with E-state index in [1.54, 1.807) is 20.1 Å². The average Bonchev–Trinajstić information content (AvgIpc) is 2.43. The third-order valence-corrected chi connectivity index (χ3v) is 3.26. The summed E-state index contributed by atoms with van der Waals surface area (Å²) in [4.78, 5) is 14.7. The molecule has 0 amide bonds. The molecule has 0 fully saturated rings. The molecule has 5 heteroatoms. The molecule has 1 unspecified atom stereocenters. The summed E-state index contributed by atoms with van der Waals surface area (Å²) in [5.41, 5.74) is -1.03. The number of H-pyrrole nitrogens is 1. The van der Waals surface area contributed by atoms with E-state index in [1.165, 1.54) is 0 Å². The Morgan fingerprint density at radius 3 is 2.90 bits per heavy atom. The molecule has 0 aliphatic heterocycles. The maximum Gasteiger partial charge on any atom is 0.257 e. The number of aromatic amines is 1. The van der Waals surface area contributed by atoms with Crippen LogP contribution in [0.5, 0.6) is 0 Å². The van der Waals surface area contributed by atoms with E-state index in [0.717, 1.165) is 5.39 Å². The lowest BCUT2D eigenvalue weighted by atomic mass is 10.0. The molecule has 1 aromatic heterocycles. The molecule has 2 aromatic rings. The zero-order valence-electron chi connectivity index (χ0n) is 11.8. The normalized spacial score (nSPS) is 14.2. The van der Waals surface area contributed by atoms with Crippen LogP contribution < -0.4 is 10.9 Å². The van der Waals surface area contributed by atoms with Crippen LogP contribution in [0.3, 0.4) is 0 Å². The fourth-order valence-corrected chi connectivity index (χ4v) is 2.00. The Hall–Kier alpha value is -1.85. The van der Waals surface area contributed by atoms with Crippen LogP contribution in [0.15, 0.2) is 35.1 Å². The van der Waals surface area contributed by atoms with Crippen LogP contribution in [0.1, 0.15) is 13.3 Å². The standard InChI is InChI=1S/C15H20N2O3/c1-15(19,7-8-20-2)10-16-13-9-11-5-3-4-6-12(11)14(18)17-13/h3-6,9,19H,7-8,10H2,1-2H3,(H2,16,17,18). The quantitative estimate of drug-likeness (QED) is 0.751. The van der Waals surface area contributed by atoms with Crippen molar-refractivity contribution in [3.63, 3.8) is 0 Å². The highest BCUT2D eigenvalue weighted by molar-refractivity contribution is 5.83. The molecular formula is C15H20N2O3. The molecule has 0 bridgehead atoms. The first-order valence-corrected chi connectivity index (χ1v) is 6.59. The molecule has 108 valence electrons.